The van der Waals surface area contributed by atoms with E-state index >= 15 is 0 Å². The largest absolute Gasteiger partial charge is 0.493 e. The highest BCUT2D eigenvalue weighted by molar-refractivity contribution is 7.09. The molecule has 22 heavy (non-hydrogen) atoms. The highest BCUT2D eigenvalue weighted by atomic mass is 32.1. The molecule has 118 valence electrons. The molecule has 5 nitrogen and oxygen atoms in total. The number of ether oxygens (including phenoxy) is 2. The number of carbonyl (C=O) groups excluding carboxylic acids is 1. The number of ketones is 1. The molecule has 0 aliphatic rings. The molecule has 0 saturated heterocycles. The van der Waals surface area contributed by atoms with Gasteiger partial charge >= 0.3 is 0 Å². The third kappa shape index (κ3) is 4.89. The zero-order valence-electron chi connectivity index (χ0n) is 13.1. The number of nitrogens with zero attached hydrogens (tertiary/aromatic N) is 2. The van der Waals surface area contributed by atoms with Gasteiger partial charge in [-0.15, -0.1) is 11.3 Å². The minimum Gasteiger partial charge on any atom is -0.493 e. The lowest BCUT2D eigenvalue weighted by Gasteiger charge is -2.08. The summed E-state index contributed by atoms with van der Waals surface area (Å²) < 4.78 is 10.6. The maximum Gasteiger partial charge on any atom is 0.188 e. The van der Waals surface area contributed by atoms with Crippen LogP contribution in [0.1, 0.15) is 33.3 Å². The van der Waals surface area contributed by atoms with Gasteiger partial charge in [-0.1, -0.05) is 0 Å². The monoisotopic (exact) mass is 320 g/mol. The van der Waals surface area contributed by atoms with Crippen molar-refractivity contribution < 1.29 is 14.3 Å². The van der Waals surface area contributed by atoms with E-state index in [1.165, 1.54) is 11.3 Å². The van der Waals surface area contributed by atoms with Crippen molar-refractivity contribution >= 4 is 17.1 Å². The van der Waals surface area contributed by atoms with E-state index in [-0.39, 0.29) is 12.2 Å². The van der Waals surface area contributed by atoms with Gasteiger partial charge in [0.15, 0.2) is 5.78 Å². The van der Waals surface area contributed by atoms with Crippen LogP contribution in [0.2, 0.25) is 0 Å². The van der Waals surface area contributed by atoms with Crippen LogP contribution in [0.15, 0.2) is 17.5 Å². The molecule has 0 spiro atoms. The van der Waals surface area contributed by atoms with Gasteiger partial charge in [0, 0.05) is 49.0 Å². The number of aryl methyl sites for hydroxylation is 2. The van der Waals surface area contributed by atoms with Gasteiger partial charge in [0.2, 0.25) is 0 Å². The second-order valence-corrected chi connectivity index (χ2v) is 5.95. The molecule has 0 aromatic carbocycles. The summed E-state index contributed by atoms with van der Waals surface area (Å²) in [5, 5.41) is 2.75. The Morgan fingerprint density at radius 2 is 2.00 bits per heavy atom. The molecule has 0 aliphatic heterocycles. The molecule has 0 fully saturated rings. The Morgan fingerprint density at radius 1 is 1.18 bits per heavy atom. The van der Waals surface area contributed by atoms with E-state index in [0.29, 0.717) is 24.7 Å². The number of thiazole rings is 1. The van der Waals surface area contributed by atoms with Crippen LogP contribution in [0.25, 0.3) is 0 Å². The van der Waals surface area contributed by atoms with E-state index in [4.69, 9.17) is 9.47 Å². The zero-order chi connectivity index (χ0) is 15.9. The fourth-order valence-electron chi connectivity index (χ4n) is 1.97. The van der Waals surface area contributed by atoms with E-state index in [1.807, 2.05) is 25.3 Å². The summed E-state index contributed by atoms with van der Waals surface area (Å²) in [6.45, 7) is 4.98. The molecule has 2 aromatic heterocycles. The quantitative estimate of drug-likeness (QED) is 0.553. The second kappa shape index (κ2) is 8.00. The van der Waals surface area contributed by atoms with Crippen LogP contribution in [-0.4, -0.2) is 36.1 Å². The smallest absolute Gasteiger partial charge is 0.188 e. The second-order valence-electron chi connectivity index (χ2n) is 5.01. The van der Waals surface area contributed by atoms with Crippen LogP contribution >= 0.6 is 11.3 Å². The molecule has 0 bridgehead atoms. The van der Waals surface area contributed by atoms with Crippen molar-refractivity contribution in [3.63, 3.8) is 0 Å². The number of carbonyl (C=O) groups is 1. The maximum absolute atomic E-state index is 12.3. The van der Waals surface area contributed by atoms with Crippen molar-refractivity contribution in [1.82, 2.24) is 9.97 Å². The average Bonchev–Trinajstić information content (AvgIpc) is 2.88. The first-order valence-electron chi connectivity index (χ1n) is 7.13. The molecule has 2 heterocycles. The van der Waals surface area contributed by atoms with E-state index in [2.05, 4.69) is 9.97 Å². The Balaban J connectivity index is 2.03. The first-order chi connectivity index (χ1) is 10.6. The van der Waals surface area contributed by atoms with E-state index < -0.39 is 0 Å². The predicted molar refractivity (Wildman–Crippen MR) is 85.8 cm³/mol. The zero-order valence-corrected chi connectivity index (χ0v) is 13.9. The SMILES string of the molecule is COCCCOc1cc(C)nc(C(=O)Cc2nc(C)cs2)c1. The number of Topliss-reactive ketones (excluding diaryl/α,β-unsaturated/α-hetero) is 1. The van der Waals surface area contributed by atoms with Gasteiger partial charge in [-0.2, -0.15) is 0 Å². The maximum atomic E-state index is 12.3. The van der Waals surface area contributed by atoms with Gasteiger partial charge in [-0.05, 0) is 13.8 Å². The molecule has 0 aliphatic carbocycles. The Hall–Kier alpha value is -1.79. The Kier molecular flexibility index (Phi) is 6.03. The van der Waals surface area contributed by atoms with Crippen LogP contribution < -0.4 is 4.74 Å². The fraction of sp³-hybridized carbons (Fsp3) is 0.438. The molecule has 0 radical (unpaired) electrons. The molecule has 0 N–H and O–H groups in total. The minimum absolute atomic E-state index is 0.0419. The molecule has 0 atom stereocenters. The van der Waals surface area contributed by atoms with Gasteiger partial charge in [-0.3, -0.25) is 4.79 Å². The lowest BCUT2D eigenvalue weighted by molar-refractivity contribution is 0.0987. The number of hydrogen-bond acceptors (Lipinski definition) is 6. The Labute approximate surface area is 134 Å². The first-order valence-corrected chi connectivity index (χ1v) is 8.01. The number of pyridine rings is 1. The molecule has 0 amide bonds. The number of rotatable bonds is 8. The van der Waals surface area contributed by atoms with Crippen LogP contribution in [0.5, 0.6) is 5.75 Å². The van der Waals surface area contributed by atoms with E-state index in [1.54, 1.807) is 13.2 Å². The molecule has 0 saturated carbocycles. The number of aromatic nitrogens is 2. The molecular weight excluding hydrogens is 300 g/mol. The van der Waals surface area contributed by atoms with Gasteiger partial charge in [0.05, 0.1) is 13.0 Å². The van der Waals surface area contributed by atoms with Crippen molar-refractivity contribution in [3.05, 3.63) is 39.6 Å². The minimum atomic E-state index is -0.0419. The lowest BCUT2D eigenvalue weighted by Crippen LogP contribution is -2.08. The third-order valence-electron chi connectivity index (χ3n) is 2.95. The highest BCUT2D eigenvalue weighted by Gasteiger charge is 2.13. The van der Waals surface area contributed by atoms with Crippen LogP contribution in [0, 0.1) is 13.8 Å². The molecule has 0 unspecified atom stereocenters. The molecule has 2 rings (SSSR count). The van der Waals surface area contributed by atoms with E-state index in [9.17, 15) is 4.79 Å². The molecule has 6 heteroatoms. The van der Waals surface area contributed by atoms with Crippen molar-refractivity contribution in [2.24, 2.45) is 0 Å². The Bertz CT molecular complexity index is 640. The number of methoxy groups -OCH3 is 1. The van der Waals surface area contributed by atoms with Gasteiger partial charge < -0.3 is 9.47 Å². The van der Waals surface area contributed by atoms with Crippen LogP contribution in [0.3, 0.4) is 0 Å². The van der Waals surface area contributed by atoms with Gasteiger partial charge in [0.25, 0.3) is 0 Å². The fourth-order valence-corrected chi connectivity index (χ4v) is 2.74. The summed E-state index contributed by atoms with van der Waals surface area (Å²) in [7, 11) is 1.66. The van der Waals surface area contributed by atoms with Crippen molar-refractivity contribution in [1.29, 1.82) is 0 Å². The first kappa shape index (κ1) is 16.6. The summed E-state index contributed by atoms with van der Waals surface area (Å²) in [5.41, 5.74) is 2.13. The normalized spacial score (nSPS) is 10.7. The highest BCUT2D eigenvalue weighted by Crippen LogP contribution is 2.17. The lowest BCUT2D eigenvalue weighted by atomic mass is 10.2. The summed E-state index contributed by atoms with van der Waals surface area (Å²) >= 11 is 1.50. The summed E-state index contributed by atoms with van der Waals surface area (Å²) in [5.74, 6) is 0.627. The van der Waals surface area contributed by atoms with Crippen LogP contribution in [0.4, 0.5) is 0 Å². The summed E-state index contributed by atoms with van der Waals surface area (Å²) in [6, 6.07) is 3.53. The summed E-state index contributed by atoms with van der Waals surface area (Å²) in [6.07, 6.45) is 1.08. The van der Waals surface area contributed by atoms with Crippen molar-refractivity contribution in [2.45, 2.75) is 26.7 Å². The molecular formula is C16H20N2O3S. The van der Waals surface area contributed by atoms with E-state index in [0.717, 1.165) is 22.8 Å². The predicted octanol–water partition coefficient (Wildman–Crippen LogP) is 3.00. The molecule has 2 aromatic rings. The summed E-state index contributed by atoms with van der Waals surface area (Å²) in [4.78, 5) is 21.0. The van der Waals surface area contributed by atoms with Crippen molar-refractivity contribution in [3.8, 4) is 5.75 Å². The average molecular weight is 320 g/mol. The van der Waals surface area contributed by atoms with Crippen molar-refractivity contribution in [2.75, 3.05) is 20.3 Å². The standard InChI is InChI=1S/C16H20N2O3S/c1-11-7-13(21-6-4-5-20-3)8-14(17-11)15(19)9-16-18-12(2)10-22-16/h7-8,10H,4-6,9H2,1-3H3. The van der Waals surface area contributed by atoms with Gasteiger partial charge in [-0.25, -0.2) is 9.97 Å². The van der Waals surface area contributed by atoms with Gasteiger partial charge in [0.1, 0.15) is 16.5 Å². The third-order valence-corrected chi connectivity index (χ3v) is 3.92. The van der Waals surface area contributed by atoms with Crippen LogP contribution in [-0.2, 0) is 11.2 Å². The number of hydrogen-bond donors (Lipinski definition) is 0. The topological polar surface area (TPSA) is 61.3 Å². The Morgan fingerprint density at radius 3 is 2.68 bits per heavy atom.